The van der Waals surface area contributed by atoms with Crippen LogP contribution in [0.15, 0.2) is 27.8 Å². The molecule has 1 aliphatic rings. The highest BCUT2D eigenvalue weighted by molar-refractivity contribution is 9.10. The highest BCUT2D eigenvalue weighted by Gasteiger charge is 2.43. The summed E-state index contributed by atoms with van der Waals surface area (Å²) >= 11 is 3.43. The molecule has 0 aliphatic heterocycles. The topological polar surface area (TPSA) is 87.7 Å². The predicted octanol–water partition coefficient (Wildman–Crippen LogP) is 3.39. The Hall–Kier alpha value is -1.56. The number of hydrogen-bond donors (Lipinski definition) is 3. The summed E-state index contributed by atoms with van der Waals surface area (Å²) < 4.78 is 0.990. The summed E-state index contributed by atoms with van der Waals surface area (Å²) in [7, 11) is 0. The number of nitrogens with two attached hydrogens (primary N) is 1. The molecular weight excluding hydrogens is 334 g/mol. The maximum Gasteiger partial charge on any atom is 0.238 e. The molecule has 0 atom stereocenters. The smallest absolute Gasteiger partial charge is 0.238 e. The van der Waals surface area contributed by atoms with Gasteiger partial charge in [0.2, 0.25) is 5.91 Å². The highest BCUT2D eigenvalue weighted by atomic mass is 79.9. The zero-order valence-corrected chi connectivity index (χ0v) is 13.6. The number of carbonyl (C=O) groups is 1. The molecular formula is C15H20BrN3O2. The van der Waals surface area contributed by atoms with E-state index in [1.165, 1.54) is 0 Å². The normalized spacial score (nSPS) is 18.3. The van der Waals surface area contributed by atoms with Crippen molar-refractivity contribution in [2.24, 2.45) is 16.3 Å². The van der Waals surface area contributed by atoms with Crippen LogP contribution in [0.25, 0.3) is 0 Å². The van der Waals surface area contributed by atoms with Crippen molar-refractivity contribution >= 4 is 33.4 Å². The predicted molar refractivity (Wildman–Crippen MR) is 86.4 cm³/mol. The number of anilines is 1. The number of amidine groups is 1. The Kier molecular flexibility index (Phi) is 4.88. The van der Waals surface area contributed by atoms with Crippen LogP contribution in [0.4, 0.5) is 5.69 Å². The molecule has 0 aromatic heterocycles. The molecule has 0 unspecified atom stereocenters. The molecule has 0 radical (unpaired) electrons. The second kappa shape index (κ2) is 6.47. The first-order chi connectivity index (χ1) is 9.99. The molecule has 0 bridgehead atoms. The van der Waals surface area contributed by atoms with E-state index in [1.54, 1.807) is 0 Å². The van der Waals surface area contributed by atoms with Gasteiger partial charge in [-0.15, -0.1) is 0 Å². The second-order valence-corrected chi connectivity index (χ2v) is 6.40. The average molecular weight is 354 g/mol. The number of amides is 1. The van der Waals surface area contributed by atoms with Crippen molar-refractivity contribution in [3.05, 3.63) is 28.2 Å². The van der Waals surface area contributed by atoms with E-state index < -0.39 is 5.41 Å². The third kappa shape index (κ3) is 3.20. The monoisotopic (exact) mass is 353 g/mol. The first-order valence-electron chi connectivity index (χ1n) is 7.05. The van der Waals surface area contributed by atoms with Crippen LogP contribution in [-0.4, -0.2) is 17.0 Å². The van der Waals surface area contributed by atoms with Crippen LogP contribution in [-0.2, 0) is 4.79 Å². The van der Waals surface area contributed by atoms with Crippen molar-refractivity contribution in [1.29, 1.82) is 0 Å². The van der Waals surface area contributed by atoms with Gasteiger partial charge in [0, 0.05) is 10.2 Å². The summed E-state index contributed by atoms with van der Waals surface area (Å²) in [6.07, 6.45) is 4.12. The van der Waals surface area contributed by atoms with Crippen LogP contribution in [0.3, 0.4) is 0 Å². The Balaban J connectivity index is 2.24. The zero-order valence-electron chi connectivity index (χ0n) is 12.0. The van der Waals surface area contributed by atoms with E-state index in [9.17, 15) is 4.79 Å². The van der Waals surface area contributed by atoms with Gasteiger partial charge in [0.25, 0.3) is 0 Å². The van der Waals surface area contributed by atoms with E-state index in [1.807, 2.05) is 25.1 Å². The maximum atomic E-state index is 12.7. The summed E-state index contributed by atoms with van der Waals surface area (Å²) in [6.45, 7) is 1.96. The van der Waals surface area contributed by atoms with Gasteiger partial charge in [-0.2, -0.15) is 0 Å². The molecule has 0 heterocycles. The van der Waals surface area contributed by atoms with Crippen LogP contribution in [0, 0.1) is 12.3 Å². The molecule has 1 aromatic carbocycles. The number of hydrogen-bond acceptors (Lipinski definition) is 3. The maximum absolute atomic E-state index is 12.7. The summed E-state index contributed by atoms with van der Waals surface area (Å²) in [6, 6.07) is 5.62. The van der Waals surface area contributed by atoms with Crippen LogP contribution in [0.2, 0.25) is 0 Å². The van der Waals surface area contributed by atoms with Crippen molar-refractivity contribution in [2.45, 2.75) is 39.0 Å². The number of nitrogens with one attached hydrogen (secondary N) is 1. The number of aryl methyl sites for hydroxylation is 1. The molecule has 21 heavy (non-hydrogen) atoms. The Morgan fingerprint density at radius 2 is 2.05 bits per heavy atom. The first kappa shape index (κ1) is 15.8. The van der Waals surface area contributed by atoms with Gasteiger partial charge in [0.05, 0.1) is 0 Å². The van der Waals surface area contributed by atoms with Gasteiger partial charge in [0.1, 0.15) is 5.41 Å². The molecule has 1 fully saturated rings. The number of rotatable bonds is 3. The Morgan fingerprint density at radius 1 is 1.38 bits per heavy atom. The standard InChI is InChI=1S/C15H20BrN3O2/c1-10-9-11(5-6-12(10)16)18-14(20)15(13(17)19-21)7-3-2-4-8-15/h5-6,9,21H,2-4,7-8H2,1H3,(H2,17,19)(H,18,20). The number of oxime groups is 1. The Bertz CT molecular complexity index is 566. The van der Waals surface area contributed by atoms with E-state index >= 15 is 0 Å². The lowest BCUT2D eigenvalue weighted by molar-refractivity contribution is -0.123. The lowest BCUT2D eigenvalue weighted by atomic mass is 9.72. The number of benzene rings is 1. The first-order valence-corrected chi connectivity index (χ1v) is 7.84. The minimum Gasteiger partial charge on any atom is -0.409 e. The van der Waals surface area contributed by atoms with Crippen LogP contribution in [0.1, 0.15) is 37.7 Å². The van der Waals surface area contributed by atoms with Crippen LogP contribution in [0.5, 0.6) is 0 Å². The van der Waals surface area contributed by atoms with Crippen molar-refractivity contribution < 1.29 is 10.0 Å². The molecule has 1 aliphatic carbocycles. The molecule has 4 N–H and O–H groups in total. The fourth-order valence-corrected chi connectivity index (χ4v) is 3.07. The van der Waals surface area contributed by atoms with Gasteiger partial charge in [0.15, 0.2) is 5.84 Å². The van der Waals surface area contributed by atoms with Gasteiger partial charge in [-0.3, -0.25) is 4.79 Å². The summed E-state index contributed by atoms with van der Waals surface area (Å²) in [4.78, 5) is 12.7. The van der Waals surface area contributed by atoms with Crippen molar-refractivity contribution in [3.8, 4) is 0 Å². The van der Waals surface area contributed by atoms with Gasteiger partial charge in [-0.05, 0) is 43.5 Å². The van der Waals surface area contributed by atoms with Crippen LogP contribution >= 0.6 is 15.9 Å². The van der Waals surface area contributed by atoms with E-state index in [-0.39, 0.29) is 11.7 Å². The van der Waals surface area contributed by atoms with Crippen molar-refractivity contribution in [2.75, 3.05) is 5.32 Å². The largest absolute Gasteiger partial charge is 0.409 e. The van der Waals surface area contributed by atoms with Gasteiger partial charge in [-0.1, -0.05) is 40.3 Å². The molecule has 1 saturated carbocycles. The van der Waals surface area contributed by atoms with Gasteiger partial charge < -0.3 is 16.3 Å². The van der Waals surface area contributed by atoms with Crippen molar-refractivity contribution in [3.63, 3.8) is 0 Å². The van der Waals surface area contributed by atoms with Gasteiger partial charge in [-0.25, -0.2) is 0 Å². The molecule has 0 spiro atoms. The summed E-state index contributed by atoms with van der Waals surface area (Å²) in [5.74, 6) is -0.187. The van der Waals surface area contributed by atoms with Crippen molar-refractivity contribution in [1.82, 2.24) is 0 Å². The highest BCUT2D eigenvalue weighted by Crippen LogP contribution is 2.38. The minimum atomic E-state index is -0.895. The fourth-order valence-electron chi connectivity index (χ4n) is 2.82. The lowest BCUT2D eigenvalue weighted by Gasteiger charge is -2.34. The summed E-state index contributed by atoms with van der Waals surface area (Å²) in [5, 5.41) is 15.0. The van der Waals surface area contributed by atoms with E-state index in [4.69, 9.17) is 10.9 Å². The fraction of sp³-hybridized carbons (Fsp3) is 0.467. The minimum absolute atomic E-state index is 0.00790. The lowest BCUT2D eigenvalue weighted by Crippen LogP contribution is -2.48. The molecule has 2 rings (SSSR count). The Labute approximate surface area is 132 Å². The zero-order chi connectivity index (χ0) is 15.5. The van der Waals surface area contributed by atoms with Crippen LogP contribution < -0.4 is 11.1 Å². The van der Waals surface area contributed by atoms with E-state index in [0.717, 1.165) is 35.0 Å². The third-order valence-electron chi connectivity index (χ3n) is 4.16. The molecule has 1 amide bonds. The number of carbonyl (C=O) groups excluding carboxylic acids is 1. The second-order valence-electron chi connectivity index (χ2n) is 5.55. The average Bonchev–Trinajstić information content (AvgIpc) is 2.50. The third-order valence-corrected chi connectivity index (χ3v) is 5.05. The SMILES string of the molecule is Cc1cc(NC(=O)C2(C(N)=NO)CCCCC2)ccc1Br. The molecule has 6 heteroatoms. The summed E-state index contributed by atoms with van der Waals surface area (Å²) in [5.41, 5.74) is 6.68. The number of nitrogens with zero attached hydrogens (tertiary/aromatic N) is 1. The Morgan fingerprint density at radius 3 is 2.62 bits per heavy atom. The molecule has 114 valence electrons. The molecule has 5 nitrogen and oxygen atoms in total. The van der Waals surface area contributed by atoms with Gasteiger partial charge >= 0.3 is 0 Å². The van der Waals surface area contributed by atoms with E-state index in [2.05, 4.69) is 26.4 Å². The number of halogens is 1. The van der Waals surface area contributed by atoms with E-state index in [0.29, 0.717) is 12.8 Å². The molecule has 0 saturated heterocycles. The quantitative estimate of drug-likeness (QED) is 0.336. The molecule has 1 aromatic rings.